The fraction of sp³-hybridized carbons (Fsp3) is 0.182. The molecule has 1 aliphatic rings. The maximum absolute atomic E-state index is 13.2. The van der Waals surface area contributed by atoms with Gasteiger partial charge in [0.2, 0.25) is 10.0 Å². The number of nitrogens with zero attached hydrogens (tertiary/aromatic N) is 3. The summed E-state index contributed by atoms with van der Waals surface area (Å²) in [5.74, 6) is 0. The van der Waals surface area contributed by atoms with Crippen molar-refractivity contribution in [3.63, 3.8) is 0 Å². The number of primary sulfonamides is 1. The van der Waals surface area contributed by atoms with Gasteiger partial charge in [0.1, 0.15) is 0 Å². The third-order valence-electron chi connectivity index (χ3n) is 5.44. The van der Waals surface area contributed by atoms with Gasteiger partial charge in [-0.25, -0.2) is 23.3 Å². The van der Waals surface area contributed by atoms with Gasteiger partial charge in [0.05, 0.1) is 5.69 Å². The highest BCUT2D eigenvalue weighted by molar-refractivity contribution is 7.91. The fourth-order valence-electron chi connectivity index (χ4n) is 3.96. The Morgan fingerprint density at radius 1 is 1.03 bits per heavy atom. The summed E-state index contributed by atoms with van der Waals surface area (Å²) >= 11 is 2.65. The van der Waals surface area contributed by atoms with Crippen molar-refractivity contribution in [2.24, 2.45) is 5.14 Å². The number of fused-ring (bicyclic) bond motifs is 1. The number of amides is 2. The number of aromatic nitrogens is 1. The molecule has 164 valence electrons. The summed E-state index contributed by atoms with van der Waals surface area (Å²) in [5, 5.41) is 8.93. The number of aryl methyl sites for hydroxylation is 1. The van der Waals surface area contributed by atoms with E-state index < -0.39 is 10.0 Å². The molecule has 0 aliphatic carbocycles. The number of thiazole rings is 1. The van der Waals surface area contributed by atoms with Gasteiger partial charge in [-0.1, -0.05) is 35.6 Å². The Hall–Kier alpha value is -2.79. The van der Waals surface area contributed by atoms with Crippen LogP contribution in [0.1, 0.15) is 12.1 Å². The molecule has 5 rings (SSSR count). The molecule has 4 aromatic rings. The van der Waals surface area contributed by atoms with Crippen molar-refractivity contribution >= 4 is 59.6 Å². The first-order chi connectivity index (χ1) is 15.3. The number of carbonyl (C=O) groups is 1. The number of anilines is 2. The number of urea groups is 1. The lowest BCUT2D eigenvalue weighted by atomic mass is 10.0. The molecule has 3 heterocycles. The van der Waals surface area contributed by atoms with Crippen molar-refractivity contribution < 1.29 is 13.2 Å². The second kappa shape index (κ2) is 7.96. The van der Waals surface area contributed by atoms with Crippen molar-refractivity contribution in [1.29, 1.82) is 0 Å². The second-order valence-electron chi connectivity index (χ2n) is 7.54. The van der Waals surface area contributed by atoms with E-state index in [1.807, 2.05) is 24.3 Å². The number of hydrogen-bond acceptors (Lipinski definition) is 6. The predicted molar refractivity (Wildman–Crippen MR) is 130 cm³/mol. The van der Waals surface area contributed by atoms with Gasteiger partial charge in [0.15, 0.2) is 9.34 Å². The number of benzene rings is 2. The molecule has 2 amide bonds. The molecule has 2 aromatic heterocycles. The molecule has 0 spiro atoms. The van der Waals surface area contributed by atoms with Crippen molar-refractivity contribution in [3.8, 4) is 11.1 Å². The molecule has 1 saturated heterocycles. The van der Waals surface area contributed by atoms with Crippen LogP contribution in [0.5, 0.6) is 0 Å². The summed E-state index contributed by atoms with van der Waals surface area (Å²) in [6, 6.07) is 16.1. The Morgan fingerprint density at radius 2 is 1.78 bits per heavy atom. The molecule has 0 bridgehead atoms. The van der Waals surface area contributed by atoms with Crippen molar-refractivity contribution in [1.82, 2.24) is 4.98 Å². The van der Waals surface area contributed by atoms with Gasteiger partial charge in [-0.05, 0) is 54.1 Å². The highest BCUT2D eigenvalue weighted by Gasteiger charge is 2.31. The van der Waals surface area contributed by atoms with Crippen molar-refractivity contribution in [3.05, 3.63) is 59.6 Å². The van der Waals surface area contributed by atoms with E-state index in [4.69, 9.17) is 5.14 Å². The van der Waals surface area contributed by atoms with E-state index in [-0.39, 0.29) is 10.2 Å². The zero-order chi connectivity index (χ0) is 22.5. The Labute approximate surface area is 193 Å². The Balaban J connectivity index is 1.43. The maximum Gasteiger partial charge on any atom is 0.330 e. The van der Waals surface area contributed by atoms with Gasteiger partial charge >= 0.3 is 6.03 Å². The first-order valence-electron chi connectivity index (χ1n) is 9.99. The highest BCUT2D eigenvalue weighted by atomic mass is 32.2. The molecular weight excluding hydrogens is 464 g/mol. The molecule has 2 N–H and O–H groups in total. The van der Waals surface area contributed by atoms with E-state index >= 15 is 0 Å². The Kier molecular flexibility index (Phi) is 5.25. The molecule has 0 unspecified atom stereocenters. The zero-order valence-corrected chi connectivity index (χ0v) is 19.6. The van der Waals surface area contributed by atoms with Crippen LogP contribution in [0.25, 0.3) is 21.2 Å². The van der Waals surface area contributed by atoms with Crippen LogP contribution in [0.4, 0.5) is 15.6 Å². The van der Waals surface area contributed by atoms with E-state index in [0.717, 1.165) is 34.6 Å². The summed E-state index contributed by atoms with van der Waals surface area (Å²) in [4.78, 5) is 20.8. The Bertz CT molecular complexity index is 1420. The highest BCUT2D eigenvalue weighted by Crippen LogP contribution is 2.34. The number of nitrogens with two attached hydrogens (primary N) is 1. The van der Waals surface area contributed by atoms with E-state index in [2.05, 4.69) is 34.6 Å². The first-order valence-corrected chi connectivity index (χ1v) is 13.2. The van der Waals surface area contributed by atoms with E-state index in [1.54, 1.807) is 23.2 Å². The molecule has 10 heteroatoms. The standard InChI is InChI=1S/C22H20N4O3S3/c1-14-20(32(23,28)29)31-21(24-14)26-12-3-11-25(22(26)27)16-8-6-15(7-9-16)17-4-2-5-19-18(17)10-13-30-19/h2,4-10,13H,3,11-12H2,1H3,(H2,23,28,29). The number of sulfonamides is 1. The van der Waals surface area contributed by atoms with Crippen molar-refractivity contribution in [2.75, 3.05) is 22.9 Å². The summed E-state index contributed by atoms with van der Waals surface area (Å²) in [6.07, 6.45) is 0.741. The first kappa shape index (κ1) is 21.1. The second-order valence-corrected chi connectivity index (χ2v) is 11.2. The topological polar surface area (TPSA) is 96.6 Å². The normalized spacial score (nSPS) is 15.0. The molecule has 7 nitrogen and oxygen atoms in total. The van der Waals surface area contributed by atoms with Gasteiger partial charge < -0.3 is 0 Å². The third kappa shape index (κ3) is 3.69. The smallest absolute Gasteiger partial charge is 0.294 e. The van der Waals surface area contributed by atoms with Crippen LogP contribution in [0, 0.1) is 6.92 Å². The molecule has 0 radical (unpaired) electrons. The number of rotatable bonds is 4. The lowest BCUT2D eigenvalue weighted by molar-refractivity contribution is 0.248. The number of hydrogen-bond donors (Lipinski definition) is 1. The largest absolute Gasteiger partial charge is 0.330 e. The van der Waals surface area contributed by atoms with E-state index in [9.17, 15) is 13.2 Å². The number of carbonyl (C=O) groups excluding carboxylic acids is 1. The van der Waals surface area contributed by atoms with Gasteiger partial charge in [-0.15, -0.1) is 11.3 Å². The average Bonchev–Trinajstić information content (AvgIpc) is 3.40. The molecule has 2 aromatic carbocycles. The third-order valence-corrected chi connectivity index (χ3v) is 9.06. The molecule has 32 heavy (non-hydrogen) atoms. The van der Waals surface area contributed by atoms with Crippen LogP contribution >= 0.6 is 22.7 Å². The summed E-state index contributed by atoms with van der Waals surface area (Å²) in [5.41, 5.74) is 3.35. The van der Waals surface area contributed by atoms with Crippen LogP contribution in [0.2, 0.25) is 0 Å². The molecule has 1 aliphatic heterocycles. The van der Waals surface area contributed by atoms with Gasteiger partial charge in [0.25, 0.3) is 0 Å². The lowest BCUT2D eigenvalue weighted by Gasteiger charge is -2.34. The van der Waals surface area contributed by atoms with Crippen LogP contribution in [-0.4, -0.2) is 32.5 Å². The molecule has 1 fully saturated rings. The zero-order valence-electron chi connectivity index (χ0n) is 17.2. The summed E-state index contributed by atoms with van der Waals surface area (Å²) in [7, 11) is -3.87. The minimum absolute atomic E-state index is 0.00983. The quantitative estimate of drug-likeness (QED) is 0.449. The number of thiophene rings is 1. The van der Waals surface area contributed by atoms with E-state index in [1.165, 1.54) is 15.0 Å². The monoisotopic (exact) mass is 484 g/mol. The lowest BCUT2D eigenvalue weighted by Crippen LogP contribution is -2.49. The van der Waals surface area contributed by atoms with Gasteiger partial charge in [-0.3, -0.25) is 9.80 Å². The fourth-order valence-corrected chi connectivity index (χ4v) is 6.74. The summed E-state index contributed by atoms with van der Waals surface area (Å²) < 4.78 is 24.8. The SMILES string of the molecule is Cc1nc(N2CCCN(c3ccc(-c4cccc5sccc45)cc3)C2=O)sc1S(N)(=O)=O. The van der Waals surface area contributed by atoms with Crippen molar-refractivity contribution in [2.45, 2.75) is 17.6 Å². The van der Waals surface area contributed by atoms with Gasteiger partial charge in [0, 0.05) is 28.9 Å². The predicted octanol–water partition coefficient (Wildman–Crippen LogP) is 4.82. The van der Waals surface area contributed by atoms with Crippen LogP contribution < -0.4 is 14.9 Å². The Morgan fingerprint density at radius 3 is 2.50 bits per heavy atom. The minimum atomic E-state index is -3.87. The van der Waals surface area contributed by atoms with Crippen LogP contribution in [-0.2, 0) is 10.0 Å². The average molecular weight is 485 g/mol. The van der Waals surface area contributed by atoms with Crippen LogP contribution in [0.15, 0.2) is 58.1 Å². The minimum Gasteiger partial charge on any atom is -0.294 e. The maximum atomic E-state index is 13.2. The van der Waals surface area contributed by atoms with Gasteiger partial charge in [-0.2, -0.15) is 0 Å². The summed E-state index contributed by atoms with van der Waals surface area (Å²) in [6.45, 7) is 2.64. The molecule has 0 atom stereocenters. The molecular formula is C22H20N4O3S3. The molecule has 0 saturated carbocycles. The van der Waals surface area contributed by atoms with Crippen LogP contribution in [0.3, 0.4) is 0 Å². The van der Waals surface area contributed by atoms with E-state index in [0.29, 0.717) is 23.9 Å².